The standard InChI is InChI=1S/C16H18ClF3N2O3/c1-5-8(2)10-6-9(3)14(25-10)13(22-7-11(23)24-4)12(17)15(21)16(18,19)20/h5-6,12,21H,7H2,1-4H3. The number of carbonyl (C=O) groups excluding carboxylic acids is 1. The van der Waals surface area contributed by atoms with E-state index in [2.05, 4.69) is 9.73 Å². The van der Waals surface area contributed by atoms with Crippen molar-refractivity contribution in [2.75, 3.05) is 13.7 Å². The highest BCUT2D eigenvalue weighted by Gasteiger charge is 2.42. The minimum atomic E-state index is -4.93. The SMILES string of the molecule is CC=C(C)c1cc(C)c(C(=NCC(=O)OC)C(Cl)C(=N)C(F)(F)F)o1. The first-order valence-corrected chi connectivity index (χ1v) is 7.61. The first-order valence-electron chi connectivity index (χ1n) is 7.17. The van der Waals surface area contributed by atoms with Gasteiger partial charge in [0.25, 0.3) is 0 Å². The molecule has 0 aliphatic heterocycles. The monoisotopic (exact) mass is 378 g/mol. The second-order valence-corrected chi connectivity index (χ2v) is 5.58. The number of ether oxygens (including phenoxy) is 1. The Morgan fingerprint density at radius 3 is 2.60 bits per heavy atom. The van der Waals surface area contributed by atoms with Crippen molar-refractivity contribution in [2.24, 2.45) is 4.99 Å². The second kappa shape index (κ2) is 8.33. The van der Waals surface area contributed by atoms with Crippen LogP contribution in [0.1, 0.15) is 30.9 Å². The fraction of sp³-hybridized carbons (Fsp3) is 0.438. The quantitative estimate of drug-likeness (QED) is 0.458. The third-order valence-corrected chi connectivity index (χ3v) is 3.80. The molecule has 1 atom stereocenters. The molecule has 0 aliphatic carbocycles. The van der Waals surface area contributed by atoms with Crippen LogP contribution < -0.4 is 0 Å². The lowest BCUT2D eigenvalue weighted by Gasteiger charge is -2.15. The van der Waals surface area contributed by atoms with Crippen molar-refractivity contribution < 1.29 is 27.1 Å². The molecule has 0 aromatic carbocycles. The molecule has 5 nitrogen and oxygen atoms in total. The van der Waals surface area contributed by atoms with Gasteiger partial charge in [0.15, 0.2) is 5.76 Å². The zero-order valence-corrected chi connectivity index (χ0v) is 14.9. The number of methoxy groups -OCH3 is 1. The van der Waals surface area contributed by atoms with Crippen molar-refractivity contribution >= 4 is 34.6 Å². The van der Waals surface area contributed by atoms with E-state index in [0.717, 1.165) is 12.7 Å². The Morgan fingerprint density at radius 1 is 1.52 bits per heavy atom. The molecule has 0 aliphatic rings. The van der Waals surface area contributed by atoms with Gasteiger partial charge in [-0.05, 0) is 38.0 Å². The van der Waals surface area contributed by atoms with Crippen LogP contribution in [-0.4, -0.2) is 42.6 Å². The van der Waals surface area contributed by atoms with E-state index < -0.39 is 29.8 Å². The summed E-state index contributed by atoms with van der Waals surface area (Å²) in [5.74, 6) is -0.328. The van der Waals surface area contributed by atoms with Crippen LogP contribution in [-0.2, 0) is 9.53 Å². The van der Waals surface area contributed by atoms with E-state index in [1.807, 2.05) is 0 Å². The van der Waals surface area contributed by atoms with E-state index in [-0.39, 0.29) is 11.5 Å². The molecular weight excluding hydrogens is 361 g/mol. The Morgan fingerprint density at radius 2 is 2.12 bits per heavy atom. The van der Waals surface area contributed by atoms with Crippen molar-refractivity contribution in [1.29, 1.82) is 5.41 Å². The largest absolute Gasteiger partial charge is 0.468 e. The number of aliphatic imine (C=N–C) groups is 1. The van der Waals surface area contributed by atoms with Crippen molar-refractivity contribution in [3.05, 3.63) is 29.2 Å². The summed E-state index contributed by atoms with van der Waals surface area (Å²) < 4.78 is 48.5. The van der Waals surface area contributed by atoms with E-state index in [1.54, 1.807) is 32.9 Å². The zero-order valence-electron chi connectivity index (χ0n) is 14.1. The number of hydrogen-bond acceptors (Lipinski definition) is 5. The lowest BCUT2D eigenvalue weighted by molar-refractivity contribution is -0.138. The number of nitrogens with zero attached hydrogens (tertiary/aromatic N) is 1. The number of esters is 1. The summed E-state index contributed by atoms with van der Waals surface area (Å²) in [4.78, 5) is 15.1. The molecule has 9 heteroatoms. The number of rotatable bonds is 6. The smallest absolute Gasteiger partial charge is 0.430 e. The number of hydrogen-bond donors (Lipinski definition) is 1. The lowest BCUT2D eigenvalue weighted by atomic mass is 10.1. The highest BCUT2D eigenvalue weighted by molar-refractivity contribution is 6.46. The highest BCUT2D eigenvalue weighted by atomic mass is 35.5. The topological polar surface area (TPSA) is 75.7 Å². The Labute approximate surface area is 148 Å². The Hall–Kier alpha value is -2.09. The molecule has 0 bridgehead atoms. The molecule has 0 fully saturated rings. The fourth-order valence-electron chi connectivity index (χ4n) is 1.83. The van der Waals surface area contributed by atoms with E-state index in [4.69, 9.17) is 21.4 Å². The van der Waals surface area contributed by atoms with Gasteiger partial charge in [0.1, 0.15) is 29.1 Å². The third-order valence-electron chi connectivity index (χ3n) is 3.38. The molecule has 1 aromatic heterocycles. The van der Waals surface area contributed by atoms with Crippen molar-refractivity contribution in [3.8, 4) is 0 Å². The molecule has 1 heterocycles. The molecule has 0 radical (unpaired) electrons. The molecule has 1 unspecified atom stereocenters. The molecule has 0 spiro atoms. The molecule has 1 N–H and O–H groups in total. The summed E-state index contributed by atoms with van der Waals surface area (Å²) in [6, 6.07) is 1.62. The van der Waals surface area contributed by atoms with Gasteiger partial charge < -0.3 is 9.15 Å². The van der Waals surface area contributed by atoms with Crippen LogP contribution in [0.2, 0.25) is 0 Å². The van der Waals surface area contributed by atoms with Crippen LogP contribution in [0.25, 0.3) is 5.57 Å². The van der Waals surface area contributed by atoms with Gasteiger partial charge in [0.05, 0.1) is 7.11 Å². The second-order valence-electron chi connectivity index (χ2n) is 5.15. The van der Waals surface area contributed by atoms with Gasteiger partial charge in [-0.3, -0.25) is 15.2 Å². The maximum absolute atomic E-state index is 12.8. The van der Waals surface area contributed by atoms with Crippen LogP contribution in [0, 0.1) is 12.3 Å². The molecule has 25 heavy (non-hydrogen) atoms. The highest BCUT2D eigenvalue weighted by Crippen LogP contribution is 2.28. The first-order chi connectivity index (χ1) is 11.5. The minimum absolute atomic E-state index is 0.00546. The predicted molar refractivity (Wildman–Crippen MR) is 89.6 cm³/mol. The van der Waals surface area contributed by atoms with E-state index in [9.17, 15) is 18.0 Å². The van der Waals surface area contributed by atoms with Crippen LogP contribution in [0.3, 0.4) is 0 Å². The van der Waals surface area contributed by atoms with Crippen LogP contribution in [0.15, 0.2) is 21.6 Å². The third kappa shape index (κ3) is 5.19. The summed E-state index contributed by atoms with van der Waals surface area (Å²) in [5, 5.41) is 5.32. The minimum Gasteiger partial charge on any atom is -0.468 e. The van der Waals surface area contributed by atoms with Crippen molar-refractivity contribution in [1.82, 2.24) is 0 Å². The average molecular weight is 379 g/mol. The maximum atomic E-state index is 12.8. The number of allylic oxidation sites excluding steroid dienone is 2. The number of nitrogens with one attached hydrogen (secondary N) is 1. The number of carbonyl (C=O) groups is 1. The van der Waals surface area contributed by atoms with Gasteiger partial charge in [0.2, 0.25) is 0 Å². The van der Waals surface area contributed by atoms with E-state index in [0.29, 0.717) is 11.3 Å². The van der Waals surface area contributed by atoms with Gasteiger partial charge in [-0.25, -0.2) is 0 Å². The molecule has 1 aromatic rings. The Balaban J connectivity index is 3.40. The number of furan rings is 1. The molecule has 0 saturated heterocycles. The average Bonchev–Trinajstić information content (AvgIpc) is 2.93. The summed E-state index contributed by atoms with van der Waals surface area (Å²) in [7, 11) is 1.12. The van der Waals surface area contributed by atoms with Crippen molar-refractivity contribution in [2.45, 2.75) is 32.3 Å². The van der Waals surface area contributed by atoms with Gasteiger partial charge in [-0.1, -0.05) is 6.08 Å². The first kappa shape index (κ1) is 21.0. The molecule has 1 rings (SSSR count). The summed E-state index contributed by atoms with van der Waals surface area (Å²) in [6.07, 6.45) is -3.16. The maximum Gasteiger partial charge on any atom is 0.430 e. The number of aryl methyl sites for hydroxylation is 1. The molecule has 138 valence electrons. The Bertz CT molecular complexity index is 721. The van der Waals surface area contributed by atoms with Crippen LogP contribution in [0.4, 0.5) is 13.2 Å². The predicted octanol–water partition coefficient (Wildman–Crippen LogP) is 4.16. The van der Waals surface area contributed by atoms with Crippen LogP contribution >= 0.6 is 11.6 Å². The van der Waals surface area contributed by atoms with Gasteiger partial charge in [-0.2, -0.15) is 13.2 Å². The van der Waals surface area contributed by atoms with Gasteiger partial charge in [-0.15, -0.1) is 11.6 Å². The van der Waals surface area contributed by atoms with Crippen molar-refractivity contribution in [3.63, 3.8) is 0 Å². The molecule has 0 amide bonds. The lowest BCUT2D eigenvalue weighted by Crippen LogP contribution is -2.36. The zero-order chi connectivity index (χ0) is 19.4. The van der Waals surface area contributed by atoms with Gasteiger partial charge >= 0.3 is 12.1 Å². The van der Waals surface area contributed by atoms with E-state index >= 15 is 0 Å². The number of halogens is 4. The summed E-state index contributed by atoms with van der Waals surface area (Å²) in [6.45, 7) is 4.62. The summed E-state index contributed by atoms with van der Waals surface area (Å²) >= 11 is 5.84. The molecular formula is C16H18ClF3N2O3. The summed E-state index contributed by atoms with van der Waals surface area (Å²) in [5.41, 5.74) is -0.793. The Kier molecular flexibility index (Phi) is 6.98. The molecule has 0 saturated carbocycles. The number of alkyl halides is 4. The van der Waals surface area contributed by atoms with Gasteiger partial charge in [0, 0.05) is 0 Å². The normalized spacial score (nSPS) is 14.4. The van der Waals surface area contributed by atoms with E-state index in [1.165, 1.54) is 0 Å². The van der Waals surface area contributed by atoms with Crippen LogP contribution in [0.5, 0.6) is 0 Å². The fourth-order valence-corrected chi connectivity index (χ4v) is 2.13.